The van der Waals surface area contributed by atoms with Gasteiger partial charge in [-0.2, -0.15) is 0 Å². The lowest BCUT2D eigenvalue weighted by Gasteiger charge is -2.00. The van der Waals surface area contributed by atoms with E-state index in [9.17, 15) is 10.1 Å². The number of hydrogen-bond donors (Lipinski definition) is 0. The Bertz CT molecular complexity index is 322. The maximum atomic E-state index is 10.3. The van der Waals surface area contributed by atoms with Crippen molar-refractivity contribution in [3.63, 3.8) is 0 Å². The summed E-state index contributed by atoms with van der Waals surface area (Å²) in [5.74, 6) is 0.356. The molecule has 0 amide bonds. The minimum atomic E-state index is -0.478. The van der Waals surface area contributed by atoms with E-state index in [1.54, 1.807) is 6.08 Å². The first-order valence-corrected chi connectivity index (χ1v) is 3.64. The van der Waals surface area contributed by atoms with Gasteiger partial charge < -0.3 is 4.74 Å². The third kappa shape index (κ3) is 2.59. The van der Waals surface area contributed by atoms with E-state index >= 15 is 0 Å². The molecular formula is C9H8NO3. The van der Waals surface area contributed by atoms with Gasteiger partial charge in [-0.25, -0.2) is 0 Å². The maximum Gasteiger partial charge on any atom is 0.273 e. The van der Waals surface area contributed by atoms with Gasteiger partial charge in [0.25, 0.3) is 5.69 Å². The molecule has 0 aromatic heterocycles. The van der Waals surface area contributed by atoms with Crippen LogP contribution in [0.4, 0.5) is 5.69 Å². The molecule has 1 aromatic carbocycles. The fraction of sp³-hybridized carbons (Fsp3) is 0.111. The highest BCUT2D eigenvalue weighted by molar-refractivity contribution is 5.37. The van der Waals surface area contributed by atoms with E-state index < -0.39 is 4.92 Å². The lowest BCUT2D eigenvalue weighted by Crippen LogP contribution is -1.94. The standard InChI is InChI=1S/C9H8NO3/c1-2-6-13-9-5-3-4-8(7-9)10(11)12/h2-4,7H,1,6H2. The molecular weight excluding hydrogens is 170 g/mol. The quantitative estimate of drug-likeness (QED) is 0.402. The smallest absolute Gasteiger partial charge is 0.273 e. The zero-order valence-electron chi connectivity index (χ0n) is 6.90. The van der Waals surface area contributed by atoms with E-state index in [4.69, 9.17) is 4.74 Å². The molecule has 1 aromatic rings. The van der Waals surface area contributed by atoms with Gasteiger partial charge in [0, 0.05) is 12.1 Å². The highest BCUT2D eigenvalue weighted by Crippen LogP contribution is 2.18. The minimum Gasteiger partial charge on any atom is -0.489 e. The molecule has 4 nitrogen and oxygen atoms in total. The number of nitrogens with zero attached hydrogens (tertiary/aromatic N) is 1. The van der Waals surface area contributed by atoms with Gasteiger partial charge in [0.2, 0.25) is 0 Å². The van der Waals surface area contributed by atoms with Crippen LogP contribution in [0.2, 0.25) is 0 Å². The highest BCUT2D eigenvalue weighted by Gasteiger charge is 2.05. The first-order chi connectivity index (χ1) is 6.24. The molecule has 1 rings (SSSR count). The molecule has 0 heterocycles. The van der Waals surface area contributed by atoms with Crippen LogP contribution < -0.4 is 4.74 Å². The number of non-ortho nitro benzene ring substituents is 1. The first-order valence-electron chi connectivity index (χ1n) is 3.64. The highest BCUT2D eigenvalue weighted by atomic mass is 16.6. The van der Waals surface area contributed by atoms with Crippen LogP contribution in [0.25, 0.3) is 0 Å². The monoisotopic (exact) mass is 178 g/mol. The van der Waals surface area contributed by atoms with E-state index in [1.807, 2.05) is 0 Å². The van der Waals surface area contributed by atoms with Crippen LogP contribution in [-0.2, 0) is 0 Å². The van der Waals surface area contributed by atoms with E-state index in [0.29, 0.717) is 12.4 Å². The molecule has 4 heteroatoms. The van der Waals surface area contributed by atoms with Gasteiger partial charge in [-0.1, -0.05) is 12.7 Å². The zero-order chi connectivity index (χ0) is 9.68. The summed E-state index contributed by atoms with van der Waals surface area (Å²) in [6, 6.07) is 6.86. The third-order valence-electron chi connectivity index (χ3n) is 1.33. The van der Waals surface area contributed by atoms with Crippen molar-refractivity contribution in [1.29, 1.82) is 0 Å². The van der Waals surface area contributed by atoms with E-state index in [0.717, 1.165) is 0 Å². The van der Waals surface area contributed by atoms with Gasteiger partial charge >= 0.3 is 0 Å². The van der Waals surface area contributed by atoms with Crippen molar-refractivity contribution < 1.29 is 9.66 Å². The van der Waals surface area contributed by atoms with Crippen LogP contribution in [0.15, 0.2) is 30.9 Å². The number of rotatable bonds is 4. The Morgan fingerprint density at radius 2 is 2.54 bits per heavy atom. The molecule has 0 saturated heterocycles. The van der Waals surface area contributed by atoms with Crippen molar-refractivity contribution >= 4 is 5.69 Å². The SMILES string of the molecule is C=CCOc1[c]ccc([N+](=O)[O-])c1. The van der Waals surface area contributed by atoms with Gasteiger partial charge in [-0.15, -0.1) is 0 Å². The Kier molecular flexibility index (Phi) is 3.03. The Hall–Kier alpha value is -1.84. The van der Waals surface area contributed by atoms with Crippen LogP contribution in [0.5, 0.6) is 5.75 Å². The summed E-state index contributed by atoms with van der Waals surface area (Å²) in [5, 5.41) is 10.3. The largest absolute Gasteiger partial charge is 0.489 e. The first kappa shape index (κ1) is 9.25. The molecule has 0 atom stereocenters. The van der Waals surface area contributed by atoms with Crippen LogP contribution in [0, 0.1) is 16.2 Å². The lowest BCUT2D eigenvalue weighted by atomic mass is 10.3. The molecule has 13 heavy (non-hydrogen) atoms. The van der Waals surface area contributed by atoms with Gasteiger partial charge in [0.1, 0.15) is 12.4 Å². The predicted molar refractivity (Wildman–Crippen MR) is 47.6 cm³/mol. The average Bonchev–Trinajstić information content (AvgIpc) is 2.15. The Labute approximate surface area is 75.6 Å². The van der Waals surface area contributed by atoms with Gasteiger partial charge in [0.15, 0.2) is 0 Å². The Balaban J connectivity index is 2.79. The second kappa shape index (κ2) is 4.25. The summed E-state index contributed by atoms with van der Waals surface area (Å²) in [7, 11) is 0. The molecule has 0 spiro atoms. The fourth-order valence-electron chi connectivity index (χ4n) is 0.779. The summed E-state index contributed by atoms with van der Waals surface area (Å²) in [4.78, 5) is 9.87. The van der Waals surface area contributed by atoms with Crippen LogP contribution in [-0.4, -0.2) is 11.5 Å². The Morgan fingerprint density at radius 1 is 1.77 bits per heavy atom. The van der Waals surface area contributed by atoms with E-state index in [-0.39, 0.29) is 5.69 Å². The van der Waals surface area contributed by atoms with E-state index in [2.05, 4.69) is 12.6 Å². The van der Waals surface area contributed by atoms with Crippen molar-refractivity contribution in [1.82, 2.24) is 0 Å². The average molecular weight is 178 g/mol. The number of nitro benzene ring substituents is 1. The number of hydrogen-bond acceptors (Lipinski definition) is 3. The summed E-state index contributed by atoms with van der Waals surface area (Å²) in [5.41, 5.74) is -0.00203. The van der Waals surface area contributed by atoms with Crippen molar-refractivity contribution in [3.05, 3.63) is 47.0 Å². The number of nitro groups is 1. The molecule has 67 valence electrons. The van der Waals surface area contributed by atoms with Crippen LogP contribution >= 0.6 is 0 Å². The van der Waals surface area contributed by atoms with Crippen LogP contribution in [0.1, 0.15) is 0 Å². The number of benzene rings is 1. The topological polar surface area (TPSA) is 52.4 Å². The molecule has 0 fully saturated rings. The molecule has 0 aliphatic rings. The summed E-state index contributed by atoms with van der Waals surface area (Å²) in [6.45, 7) is 3.78. The second-order valence-electron chi connectivity index (χ2n) is 2.27. The summed E-state index contributed by atoms with van der Waals surface area (Å²) >= 11 is 0. The molecule has 0 aliphatic heterocycles. The number of ether oxygens (including phenoxy) is 1. The lowest BCUT2D eigenvalue weighted by molar-refractivity contribution is -0.384. The summed E-state index contributed by atoms with van der Waals surface area (Å²) in [6.07, 6.45) is 1.56. The summed E-state index contributed by atoms with van der Waals surface area (Å²) < 4.78 is 5.07. The molecule has 0 saturated carbocycles. The van der Waals surface area contributed by atoms with Crippen molar-refractivity contribution in [2.45, 2.75) is 0 Å². The third-order valence-corrected chi connectivity index (χ3v) is 1.33. The van der Waals surface area contributed by atoms with Crippen molar-refractivity contribution in [2.75, 3.05) is 6.61 Å². The van der Waals surface area contributed by atoms with Gasteiger partial charge in [0.05, 0.1) is 11.0 Å². The molecule has 0 aliphatic carbocycles. The fourth-order valence-corrected chi connectivity index (χ4v) is 0.779. The van der Waals surface area contributed by atoms with Crippen molar-refractivity contribution in [2.24, 2.45) is 0 Å². The van der Waals surface area contributed by atoms with Gasteiger partial charge in [-0.3, -0.25) is 10.1 Å². The molecule has 1 radical (unpaired) electrons. The zero-order valence-corrected chi connectivity index (χ0v) is 6.90. The minimum absolute atomic E-state index is 0.00203. The Morgan fingerprint density at radius 3 is 3.15 bits per heavy atom. The normalized spacial score (nSPS) is 9.23. The van der Waals surface area contributed by atoms with E-state index in [1.165, 1.54) is 18.2 Å². The maximum absolute atomic E-state index is 10.3. The predicted octanol–water partition coefficient (Wildman–Crippen LogP) is 1.96. The molecule has 0 bridgehead atoms. The van der Waals surface area contributed by atoms with Gasteiger partial charge in [-0.05, 0) is 6.07 Å². The van der Waals surface area contributed by atoms with Crippen molar-refractivity contribution in [3.8, 4) is 5.75 Å². The second-order valence-corrected chi connectivity index (χ2v) is 2.27. The van der Waals surface area contributed by atoms with Crippen LogP contribution in [0.3, 0.4) is 0 Å². The molecule has 0 N–H and O–H groups in total. The molecule has 0 unspecified atom stereocenters.